The molecular weight excluding hydrogens is 360 g/mol. The molecule has 0 saturated heterocycles. The second-order valence-corrected chi connectivity index (χ2v) is 7.50. The van der Waals surface area contributed by atoms with Gasteiger partial charge in [0.2, 0.25) is 0 Å². The molecule has 2 aliphatic heterocycles. The van der Waals surface area contributed by atoms with Crippen LogP contribution in [0.25, 0.3) is 0 Å². The van der Waals surface area contributed by atoms with Crippen molar-refractivity contribution in [1.29, 1.82) is 0 Å². The number of benzene rings is 2. The van der Waals surface area contributed by atoms with Crippen molar-refractivity contribution in [1.82, 2.24) is 0 Å². The van der Waals surface area contributed by atoms with Crippen molar-refractivity contribution >= 4 is 33.5 Å². The molecular formula is C17H13BrN2OS. The lowest BCUT2D eigenvalue weighted by Gasteiger charge is -2.34. The monoisotopic (exact) mass is 372 g/mol. The van der Waals surface area contributed by atoms with Crippen molar-refractivity contribution in [3.8, 4) is 0 Å². The van der Waals surface area contributed by atoms with Crippen LogP contribution in [-0.2, 0) is 0 Å². The van der Waals surface area contributed by atoms with Gasteiger partial charge in [-0.1, -0.05) is 46.3 Å². The normalized spacial score (nSPS) is 26.4. The van der Waals surface area contributed by atoms with E-state index in [1.807, 2.05) is 36.4 Å². The van der Waals surface area contributed by atoms with E-state index in [1.54, 1.807) is 11.8 Å². The second-order valence-electron chi connectivity index (χ2n) is 5.57. The van der Waals surface area contributed by atoms with E-state index in [0.29, 0.717) is 12.3 Å². The highest BCUT2D eigenvalue weighted by atomic mass is 79.9. The fourth-order valence-electron chi connectivity index (χ4n) is 3.15. The van der Waals surface area contributed by atoms with Crippen molar-refractivity contribution in [2.75, 3.05) is 12.3 Å². The van der Waals surface area contributed by atoms with E-state index in [9.17, 15) is 4.79 Å². The lowest BCUT2D eigenvalue weighted by atomic mass is 9.76. The number of fused-ring (bicyclic) bond motifs is 1. The Kier molecular flexibility index (Phi) is 3.42. The molecule has 2 heterocycles. The Hall–Kier alpha value is -1.46. The predicted molar refractivity (Wildman–Crippen MR) is 90.8 cm³/mol. The zero-order valence-electron chi connectivity index (χ0n) is 11.7. The number of azo groups is 1. The van der Waals surface area contributed by atoms with Gasteiger partial charge in [-0.25, -0.2) is 0 Å². The van der Waals surface area contributed by atoms with E-state index < -0.39 is 5.54 Å². The SMILES string of the molecule is O=C1c2ccccc2SCC12N=NCC2c1ccc(Br)cc1. The number of ketones is 1. The van der Waals surface area contributed by atoms with Crippen LogP contribution >= 0.6 is 27.7 Å². The highest BCUT2D eigenvalue weighted by Crippen LogP contribution is 2.47. The molecule has 0 amide bonds. The minimum Gasteiger partial charge on any atom is -0.291 e. The van der Waals surface area contributed by atoms with Gasteiger partial charge in [-0.15, -0.1) is 11.8 Å². The molecule has 22 heavy (non-hydrogen) atoms. The Morgan fingerprint density at radius 2 is 1.91 bits per heavy atom. The van der Waals surface area contributed by atoms with Crippen molar-refractivity contribution < 1.29 is 4.79 Å². The summed E-state index contributed by atoms with van der Waals surface area (Å²) < 4.78 is 1.03. The molecule has 2 unspecified atom stereocenters. The van der Waals surface area contributed by atoms with Crippen LogP contribution in [0.2, 0.25) is 0 Å². The van der Waals surface area contributed by atoms with Gasteiger partial charge in [0.1, 0.15) is 0 Å². The number of halogens is 1. The van der Waals surface area contributed by atoms with Gasteiger partial charge in [0, 0.05) is 26.6 Å². The third kappa shape index (κ3) is 2.07. The summed E-state index contributed by atoms with van der Waals surface area (Å²) in [6, 6.07) is 15.9. The summed E-state index contributed by atoms with van der Waals surface area (Å²) >= 11 is 5.16. The largest absolute Gasteiger partial charge is 0.291 e. The summed E-state index contributed by atoms with van der Waals surface area (Å²) in [4.78, 5) is 14.2. The highest BCUT2D eigenvalue weighted by molar-refractivity contribution is 9.10. The fraction of sp³-hybridized carbons (Fsp3) is 0.235. The van der Waals surface area contributed by atoms with Crippen molar-refractivity contribution in [3.05, 3.63) is 64.1 Å². The summed E-state index contributed by atoms with van der Waals surface area (Å²) in [5.41, 5.74) is 1.16. The molecule has 0 aliphatic carbocycles. The summed E-state index contributed by atoms with van der Waals surface area (Å²) in [6.45, 7) is 0.579. The summed E-state index contributed by atoms with van der Waals surface area (Å²) in [6.07, 6.45) is 0. The van der Waals surface area contributed by atoms with Gasteiger partial charge in [-0.05, 0) is 23.8 Å². The smallest absolute Gasteiger partial charge is 0.194 e. The van der Waals surface area contributed by atoms with Gasteiger partial charge in [0.15, 0.2) is 11.3 Å². The molecule has 2 aromatic carbocycles. The van der Waals surface area contributed by atoms with Crippen LogP contribution in [0, 0.1) is 0 Å². The standard InChI is InChI=1S/C17H13BrN2OS/c18-12-7-5-11(6-8-12)14-9-19-20-17(14)10-22-15-4-2-1-3-13(15)16(17)21/h1-8,14H,9-10H2. The molecule has 0 fully saturated rings. The van der Waals surface area contributed by atoms with Crippen molar-refractivity contribution in [2.45, 2.75) is 16.4 Å². The Morgan fingerprint density at radius 1 is 1.14 bits per heavy atom. The van der Waals surface area contributed by atoms with Gasteiger partial charge in [-0.2, -0.15) is 10.2 Å². The minimum absolute atomic E-state index is 0.0222. The minimum atomic E-state index is -0.743. The quantitative estimate of drug-likeness (QED) is 0.726. The number of Topliss-reactive ketones (excluding diaryl/α,β-unsaturated/α-hetero) is 1. The summed E-state index contributed by atoms with van der Waals surface area (Å²) in [7, 11) is 0. The third-order valence-electron chi connectivity index (χ3n) is 4.33. The van der Waals surface area contributed by atoms with E-state index in [4.69, 9.17) is 0 Å². The van der Waals surface area contributed by atoms with Crippen LogP contribution in [0.15, 0.2) is 68.1 Å². The number of nitrogens with zero attached hydrogens (tertiary/aromatic N) is 2. The molecule has 1 spiro atoms. The molecule has 2 aliphatic rings. The number of rotatable bonds is 1. The maximum absolute atomic E-state index is 13.1. The predicted octanol–water partition coefficient (Wildman–Crippen LogP) is 4.73. The molecule has 110 valence electrons. The highest BCUT2D eigenvalue weighted by Gasteiger charge is 2.52. The Morgan fingerprint density at radius 3 is 2.73 bits per heavy atom. The topological polar surface area (TPSA) is 41.8 Å². The van der Waals surface area contributed by atoms with Crippen molar-refractivity contribution in [3.63, 3.8) is 0 Å². The molecule has 2 atom stereocenters. The fourth-order valence-corrected chi connectivity index (χ4v) is 4.67. The van der Waals surface area contributed by atoms with E-state index in [2.05, 4.69) is 38.3 Å². The molecule has 4 rings (SSSR count). The second kappa shape index (κ2) is 5.32. The molecule has 0 N–H and O–H groups in total. The zero-order valence-corrected chi connectivity index (χ0v) is 14.1. The van der Waals surface area contributed by atoms with E-state index >= 15 is 0 Å². The maximum atomic E-state index is 13.1. The number of thioether (sulfide) groups is 1. The number of carbonyl (C=O) groups excluding carboxylic acids is 1. The Bertz CT molecular complexity index is 774. The van der Waals surface area contributed by atoms with Crippen LogP contribution in [0.1, 0.15) is 21.8 Å². The third-order valence-corrected chi connectivity index (χ3v) is 6.11. The molecule has 0 saturated carbocycles. The van der Waals surface area contributed by atoms with Crippen LogP contribution in [-0.4, -0.2) is 23.6 Å². The maximum Gasteiger partial charge on any atom is 0.194 e. The van der Waals surface area contributed by atoms with E-state index in [-0.39, 0.29) is 11.7 Å². The van der Waals surface area contributed by atoms with E-state index in [1.165, 1.54) is 0 Å². The lowest BCUT2D eigenvalue weighted by molar-refractivity contribution is 0.0888. The molecule has 5 heteroatoms. The van der Waals surface area contributed by atoms with Crippen LogP contribution in [0.4, 0.5) is 0 Å². The van der Waals surface area contributed by atoms with Crippen molar-refractivity contribution in [2.24, 2.45) is 10.2 Å². The average Bonchev–Trinajstić information content (AvgIpc) is 2.97. The zero-order chi connectivity index (χ0) is 15.2. The summed E-state index contributed by atoms with van der Waals surface area (Å²) in [5.74, 6) is 0.789. The van der Waals surface area contributed by atoms with Crippen LogP contribution in [0.3, 0.4) is 0 Å². The Balaban J connectivity index is 1.78. The van der Waals surface area contributed by atoms with Gasteiger partial charge in [-0.3, -0.25) is 4.79 Å². The molecule has 2 aromatic rings. The molecule has 0 radical (unpaired) electrons. The Labute approximate surface area is 141 Å². The van der Waals surface area contributed by atoms with Gasteiger partial charge < -0.3 is 0 Å². The average molecular weight is 373 g/mol. The number of carbonyl (C=O) groups is 1. The first-order chi connectivity index (χ1) is 10.7. The first kappa shape index (κ1) is 14.2. The number of hydrogen-bond donors (Lipinski definition) is 0. The van der Waals surface area contributed by atoms with Crippen LogP contribution < -0.4 is 0 Å². The van der Waals surface area contributed by atoms with Gasteiger partial charge >= 0.3 is 0 Å². The van der Waals surface area contributed by atoms with Gasteiger partial charge in [0.05, 0.1) is 6.54 Å². The molecule has 3 nitrogen and oxygen atoms in total. The lowest BCUT2D eigenvalue weighted by Crippen LogP contribution is -2.46. The first-order valence-electron chi connectivity index (χ1n) is 7.11. The van der Waals surface area contributed by atoms with Crippen LogP contribution in [0.5, 0.6) is 0 Å². The van der Waals surface area contributed by atoms with Gasteiger partial charge in [0.25, 0.3) is 0 Å². The van der Waals surface area contributed by atoms with E-state index in [0.717, 1.165) is 20.5 Å². The first-order valence-corrected chi connectivity index (χ1v) is 8.89. The molecule has 0 aromatic heterocycles. The molecule has 0 bridgehead atoms. The summed E-state index contributed by atoms with van der Waals surface area (Å²) in [5, 5.41) is 8.67. The number of hydrogen-bond acceptors (Lipinski definition) is 4.